The van der Waals surface area contributed by atoms with Crippen LogP contribution in [0.2, 0.25) is 0 Å². The van der Waals surface area contributed by atoms with Crippen molar-refractivity contribution >= 4 is 11.9 Å². The largest absolute Gasteiger partial charge is 0.481 e. The maximum atomic E-state index is 12.1. The molecule has 4 nitrogen and oxygen atoms in total. The smallest absolute Gasteiger partial charge is 0.310 e. The van der Waals surface area contributed by atoms with Crippen LogP contribution in [0.25, 0.3) is 0 Å². The van der Waals surface area contributed by atoms with Gasteiger partial charge in [0.15, 0.2) is 0 Å². The third-order valence-corrected chi connectivity index (χ3v) is 4.30. The van der Waals surface area contributed by atoms with Crippen LogP contribution in [-0.2, 0) is 9.59 Å². The molecule has 0 aromatic heterocycles. The van der Waals surface area contributed by atoms with Gasteiger partial charge in [-0.3, -0.25) is 9.59 Å². The Morgan fingerprint density at radius 3 is 2.24 bits per heavy atom. The monoisotopic (exact) mass is 241 g/mol. The van der Waals surface area contributed by atoms with E-state index in [1.165, 1.54) is 6.42 Å². The first kappa shape index (κ1) is 14.0. The van der Waals surface area contributed by atoms with Gasteiger partial charge in [0.05, 0.1) is 5.41 Å². The number of carboxylic acids is 1. The minimum atomic E-state index is -0.963. The van der Waals surface area contributed by atoms with Crippen molar-refractivity contribution in [2.45, 2.75) is 52.5 Å². The van der Waals surface area contributed by atoms with Crippen molar-refractivity contribution in [3.05, 3.63) is 0 Å². The Balaban J connectivity index is 2.67. The van der Waals surface area contributed by atoms with Crippen LogP contribution in [-0.4, -0.2) is 35.0 Å². The molecule has 0 radical (unpaired) electrons. The van der Waals surface area contributed by atoms with Gasteiger partial charge in [-0.25, -0.2) is 0 Å². The highest BCUT2D eigenvalue weighted by atomic mass is 16.4. The van der Waals surface area contributed by atoms with Crippen molar-refractivity contribution in [2.24, 2.45) is 11.3 Å². The Hall–Kier alpha value is -1.06. The number of carbonyl (C=O) groups excluding carboxylic acids is 1. The van der Waals surface area contributed by atoms with Crippen LogP contribution in [0.1, 0.15) is 46.5 Å². The number of rotatable bonds is 5. The first-order chi connectivity index (χ1) is 7.79. The summed E-state index contributed by atoms with van der Waals surface area (Å²) in [6, 6.07) is 0.327. The van der Waals surface area contributed by atoms with Gasteiger partial charge in [0.1, 0.15) is 0 Å². The summed E-state index contributed by atoms with van der Waals surface area (Å²) in [5, 5.41) is 9.27. The first-order valence-corrected chi connectivity index (χ1v) is 6.28. The molecule has 1 atom stereocenters. The average Bonchev–Trinajstić information content (AvgIpc) is 2.13. The topological polar surface area (TPSA) is 57.6 Å². The van der Waals surface area contributed by atoms with Crippen LogP contribution in [0.4, 0.5) is 0 Å². The molecule has 1 saturated carbocycles. The molecule has 0 saturated heterocycles. The fourth-order valence-electron chi connectivity index (χ4n) is 1.94. The van der Waals surface area contributed by atoms with E-state index < -0.39 is 11.4 Å². The summed E-state index contributed by atoms with van der Waals surface area (Å²) >= 11 is 0. The zero-order valence-corrected chi connectivity index (χ0v) is 11.2. The van der Waals surface area contributed by atoms with E-state index in [1.54, 1.807) is 18.9 Å². The highest BCUT2D eigenvalue weighted by Gasteiger charge is 2.40. The van der Waals surface area contributed by atoms with Crippen molar-refractivity contribution in [1.82, 2.24) is 4.90 Å². The van der Waals surface area contributed by atoms with Crippen LogP contribution in [0.5, 0.6) is 0 Å². The van der Waals surface area contributed by atoms with E-state index in [9.17, 15) is 14.7 Å². The molecule has 0 aromatic rings. The van der Waals surface area contributed by atoms with Crippen LogP contribution in [0.3, 0.4) is 0 Å². The normalized spacial score (nSPS) is 19.6. The number of amides is 1. The fraction of sp³-hybridized carbons (Fsp3) is 0.846. The van der Waals surface area contributed by atoms with Crippen molar-refractivity contribution in [3.8, 4) is 0 Å². The highest BCUT2D eigenvalue weighted by molar-refractivity contribution is 5.85. The second kappa shape index (κ2) is 5.07. The lowest BCUT2D eigenvalue weighted by molar-refractivity contribution is -0.156. The van der Waals surface area contributed by atoms with Gasteiger partial charge < -0.3 is 10.0 Å². The Bertz CT molecular complexity index is 310. The Kier molecular flexibility index (Phi) is 4.17. The van der Waals surface area contributed by atoms with Crippen LogP contribution in [0.15, 0.2) is 0 Å². The Morgan fingerprint density at radius 2 is 1.94 bits per heavy atom. The molecular formula is C13H23NO3. The lowest BCUT2D eigenvalue weighted by Crippen LogP contribution is -2.45. The van der Waals surface area contributed by atoms with Gasteiger partial charge >= 0.3 is 5.97 Å². The molecule has 0 aliphatic heterocycles. The summed E-state index contributed by atoms with van der Waals surface area (Å²) in [4.78, 5) is 25.1. The van der Waals surface area contributed by atoms with Crippen molar-refractivity contribution in [3.63, 3.8) is 0 Å². The third-order valence-electron chi connectivity index (χ3n) is 4.30. The summed E-state index contributed by atoms with van der Waals surface area (Å²) in [6.07, 6.45) is 3.36. The first-order valence-electron chi connectivity index (χ1n) is 6.28. The Labute approximate surface area is 103 Å². The average molecular weight is 241 g/mol. The summed E-state index contributed by atoms with van der Waals surface area (Å²) in [5.74, 6) is -0.991. The maximum absolute atomic E-state index is 12.1. The third kappa shape index (κ3) is 2.79. The second-order valence-corrected chi connectivity index (χ2v) is 5.64. The van der Waals surface area contributed by atoms with Crippen molar-refractivity contribution in [2.75, 3.05) is 7.05 Å². The van der Waals surface area contributed by atoms with E-state index in [0.717, 1.165) is 12.8 Å². The fourth-order valence-corrected chi connectivity index (χ4v) is 1.94. The summed E-state index contributed by atoms with van der Waals surface area (Å²) in [6.45, 7) is 5.36. The van der Waals surface area contributed by atoms with Gasteiger partial charge in [0.25, 0.3) is 0 Å². The molecule has 1 aliphatic rings. The van der Waals surface area contributed by atoms with Gasteiger partial charge in [-0.05, 0) is 32.1 Å². The van der Waals surface area contributed by atoms with Gasteiger partial charge in [0, 0.05) is 19.5 Å². The minimum absolute atomic E-state index is 0.0479. The van der Waals surface area contributed by atoms with Crippen LogP contribution < -0.4 is 0 Å². The lowest BCUT2D eigenvalue weighted by Gasteiger charge is -2.37. The highest BCUT2D eigenvalue weighted by Crippen LogP contribution is 2.33. The zero-order valence-electron chi connectivity index (χ0n) is 11.2. The number of hydrogen-bond donors (Lipinski definition) is 1. The molecule has 1 aliphatic carbocycles. The second-order valence-electron chi connectivity index (χ2n) is 5.64. The van der Waals surface area contributed by atoms with E-state index in [1.807, 2.05) is 13.8 Å². The molecule has 0 aromatic carbocycles. The van der Waals surface area contributed by atoms with Crippen molar-refractivity contribution in [1.29, 1.82) is 0 Å². The van der Waals surface area contributed by atoms with E-state index in [-0.39, 0.29) is 18.2 Å². The molecule has 17 heavy (non-hydrogen) atoms. The number of hydrogen-bond acceptors (Lipinski definition) is 2. The standard InChI is InChI=1S/C13H23NO3/c1-9(2)13(3,12(16)17)8-11(15)14(4)10-6-5-7-10/h9-10H,5-8H2,1-4H3,(H,16,17). The molecule has 1 fully saturated rings. The van der Waals surface area contributed by atoms with Crippen LogP contribution in [0, 0.1) is 11.3 Å². The molecule has 0 spiro atoms. The predicted octanol–water partition coefficient (Wildman–Crippen LogP) is 2.13. The molecule has 4 heteroatoms. The molecule has 1 unspecified atom stereocenters. The number of aliphatic carboxylic acids is 1. The lowest BCUT2D eigenvalue weighted by atomic mass is 9.76. The van der Waals surface area contributed by atoms with Crippen LogP contribution >= 0.6 is 0 Å². The predicted molar refractivity (Wildman–Crippen MR) is 65.6 cm³/mol. The van der Waals surface area contributed by atoms with Gasteiger partial charge in [0.2, 0.25) is 5.91 Å². The summed E-state index contributed by atoms with van der Waals surface area (Å²) in [5.41, 5.74) is -0.963. The van der Waals surface area contributed by atoms with Crippen molar-refractivity contribution < 1.29 is 14.7 Å². The molecule has 0 heterocycles. The molecule has 1 amide bonds. The molecular weight excluding hydrogens is 218 g/mol. The van der Waals surface area contributed by atoms with E-state index in [4.69, 9.17) is 0 Å². The minimum Gasteiger partial charge on any atom is -0.481 e. The molecule has 0 bridgehead atoms. The molecule has 98 valence electrons. The summed E-state index contributed by atoms with van der Waals surface area (Å²) in [7, 11) is 1.79. The number of carboxylic acid groups (broad SMARTS) is 1. The zero-order chi connectivity index (χ0) is 13.2. The maximum Gasteiger partial charge on any atom is 0.310 e. The Morgan fingerprint density at radius 1 is 1.41 bits per heavy atom. The van der Waals surface area contributed by atoms with Gasteiger partial charge in [-0.2, -0.15) is 0 Å². The van der Waals surface area contributed by atoms with E-state index in [0.29, 0.717) is 6.04 Å². The number of nitrogens with zero attached hydrogens (tertiary/aromatic N) is 1. The molecule has 1 N–H and O–H groups in total. The molecule has 1 rings (SSSR count). The number of carbonyl (C=O) groups is 2. The van der Waals surface area contributed by atoms with Gasteiger partial charge in [-0.1, -0.05) is 13.8 Å². The van der Waals surface area contributed by atoms with Gasteiger partial charge in [-0.15, -0.1) is 0 Å². The van der Waals surface area contributed by atoms with E-state index >= 15 is 0 Å². The quantitative estimate of drug-likeness (QED) is 0.802. The van der Waals surface area contributed by atoms with E-state index in [2.05, 4.69) is 0 Å². The summed E-state index contributed by atoms with van der Waals surface area (Å²) < 4.78 is 0. The SMILES string of the molecule is CC(C)C(C)(CC(=O)N(C)C1CCC1)C(=O)O.